The molecular formula is C33H34ClN5O2S. The Balaban J connectivity index is 1.20. The molecule has 0 radical (unpaired) electrons. The molecule has 216 valence electrons. The van der Waals surface area contributed by atoms with Crippen LogP contribution in [0.5, 0.6) is 0 Å². The molecule has 9 heteroatoms. The van der Waals surface area contributed by atoms with Crippen LogP contribution in [0.1, 0.15) is 40.0 Å². The van der Waals surface area contributed by atoms with Gasteiger partial charge in [-0.05, 0) is 43.5 Å². The molecule has 0 saturated carbocycles. The SMILES string of the molecule is Cc1ccc(C(=O)N2CCN(c3cc(Cl)nc(SCC(=O)NC(Cc4ccccc4)c4ccccc4)n3)CC2C)cc1. The Labute approximate surface area is 256 Å². The number of thioether (sulfide) groups is 1. The van der Waals surface area contributed by atoms with Crippen LogP contribution in [-0.2, 0) is 11.2 Å². The van der Waals surface area contributed by atoms with Crippen molar-refractivity contribution in [2.75, 3.05) is 30.3 Å². The van der Waals surface area contributed by atoms with E-state index in [1.807, 2.05) is 91.5 Å². The quantitative estimate of drug-likeness (QED) is 0.145. The van der Waals surface area contributed by atoms with Gasteiger partial charge in [0.2, 0.25) is 5.91 Å². The van der Waals surface area contributed by atoms with E-state index in [9.17, 15) is 9.59 Å². The molecule has 4 aromatic rings. The van der Waals surface area contributed by atoms with Crippen LogP contribution in [0.25, 0.3) is 0 Å². The molecule has 0 spiro atoms. The minimum Gasteiger partial charge on any atom is -0.353 e. The molecule has 5 rings (SSSR count). The molecule has 1 aliphatic rings. The summed E-state index contributed by atoms with van der Waals surface area (Å²) in [4.78, 5) is 39.3. The third kappa shape index (κ3) is 7.69. The highest BCUT2D eigenvalue weighted by Gasteiger charge is 2.29. The highest BCUT2D eigenvalue weighted by atomic mass is 35.5. The lowest BCUT2D eigenvalue weighted by Crippen LogP contribution is -2.54. The van der Waals surface area contributed by atoms with Gasteiger partial charge in [0, 0.05) is 37.3 Å². The van der Waals surface area contributed by atoms with E-state index in [1.165, 1.54) is 11.8 Å². The highest BCUT2D eigenvalue weighted by Crippen LogP contribution is 2.25. The van der Waals surface area contributed by atoms with E-state index < -0.39 is 0 Å². The normalized spacial score (nSPS) is 15.7. The number of aryl methyl sites for hydroxylation is 1. The van der Waals surface area contributed by atoms with Crippen LogP contribution in [0.3, 0.4) is 0 Å². The van der Waals surface area contributed by atoms with Crippen LogP contribution in [-0.4, -0.2) is 58.1 Å². The molecule has 7 nitrogen and oxygen atoms in total. The lowest BCUT2D eigenvalue weighted by atomic mass is 9.99. The number of carbonyl (C=O) groups is 2. The summed E-state index contributed by atoms with van der Waals surface area (Å²) < 4.78 is 0. The monoisotopic (exact) mass is 599 g/mol. The second kappa shape index (κ2) is 13.9. The fourth-order valence-electron chi connectivity index (χ4n) is 5.09. The molecule has 1 aliphatic heterocycles. The Morgan fingerprint density at radius 3 is 2.36 bits per heavy atom. The molecule has 3 aromatic carbocycles. The van der Waals surface area contributed by atoms with Crippen molar-refractivity contribution in [1.82, 2.24) is 20.2 Å². The number of rotatable bonds is 9. The zero-order valence-electron chi connectivity index (χ0n) is 23.7. The fourth-order valence-corrected chi connectivity index (χ4v) is 5.99. The fraction of sp³-hybridized carbons (Fsp3) is 0.273. The summed E-state index contributed by atoms with van der Waals surface area (Å²) in [5.74, 6) is 0.782. The number of hydrogen-bond acceptors (Lipinski definition) is 6. The first kappa shape index (κ1) is 29.6. The van der Waals surface area contributed by atoms with Crippen LogP contribution >= 0.6 is 23.4 Å². The lowest BCUT2D eigenvalue weighted by Gasteiger charge is -2.40. The van der Waals surface area contributed by atoms with Gasteiger partial charge >= 0.3 is 0 Å². The number of aromatic nitrogens is 2. The van der Waals surface area contributed by atoms with Crippen LogP contribution in [0.2, 0.25) is 5.15 Å². The van der Waals surface area contributed by atoms with E-state index in [1.54, 1.807) is 6.07 Å². The van der Waals surface area contributed by atoms with E-state index in [0.717, 1.165) is 16.7 Å². The Morgan fingerprint density at radius 1 is 0.976 bits per heavy atom. The van der Waals surface area contributed by atoms with Gasteiger partial charge in [-0.15, -0.1) is 0 Å². The number of nitrogens with one attached hydrogen (secondary N) is 1. The topological polar surface area (TPSA) is 78.4 Å². The summed E-state index contributed by atoms with van der Waals surface area (Å²) >= 11 is 7.65. The largest absolute Gasteiger partial charge is 0.353 e. The van der Waals surface area contributed by atoms with Crippen molar-refractivity contribution in [1.29, 1.82) is 0 Å². The maximum Gasteiger partial charge on any atom is 0.254 e. The Hall–Kier alpha value is -3.88. The zero-order chi connectivity index (χ0) is 29.5. The third-order valence-electron chi connectivity index (χ3n) is 7.32. The molecule has 1 aromatic heterocycles. The molecule has 0 bridgehead atoms. The number of hydrogen-bond donors (Lipinski definition) is 1. The van der Waals surface area contributed by atoms with Gasteiger partial charge in [-0.1, -0.05) is 102 Å². The molecule has 0 aliphatic carbocycles. The first-order valence-corrected chi connectivity index (χ1v) is 15.4. The summed E-state index contributed by atoms with van der Waals surface area (Å²) in [7, 11) is 0. The number of benzene rings is 3. The van der Waals surface area contributed by atoms with E-state index in [4.69, 9.17) is 16.6 Å². The first-order valence-electron chi connectivity index (χ1n) is 14.0. The molecule has 1 saturated heterocycles. The summed E-state index contributed by atoms with van der Waals surface area (Å²) in [6.07, 6.45) is 0.690. The van der Waals surface area contributed by atoms with Crippen LogP contribution in [0.4, 0.5) is 5.82 Å². The van der Waals surface area contributed by atoms with Crippen molar-refractivity contribution in [3.05, 3.63) is 118 Å². The van der Waals surface area contributed by atoms with Gasteiger partial charge in [-0.3, -0.25) is 9.59 Å². The van der Waals surface area contributed by atoms with E-state index in [2.05, 4.69) is 27.3 Å². The second-order valence-corrected chi connectivity index (χ2v) is 11.8. The Morgan fingerprint density at radius 2 is 1.67 bits per heavy atom. The van der Waals surface area contributed by atoms with Crippen LogP contribution < -0.4 is 10.2 Å². The standard InChI is InChI=1S/C33H34ClN5O2S/c1-23-13-15-27(16-14-23)32(41)39-18-17-38(21-24(39)2)30-20-29(34)36-33(37-30)42-22-31(40)35-28(26-11-7-4-8-12-26)19-25-9-5-3-6-10-25/h3-16,20,24,28H,17-19,21-22H2,1-2H3,(H,35,40). The van der Waals surface area contributed by atoms with Crippen LogP contribution in [0.15, 0.2) is 96.2 Å². The number of amides is 2. The predicted octanol–water partition coefficient (Wildman–Crippen LogP) is 5.98. The van der Waals surface area contributed by atoms with E-state index in [0.29, 0.717) is 47.7 Å². The molecule has 2 unspecified atom stereocenters. The molecular weight excluding hydrogens is 566 g/mol. The maximum absolute atomic E-state index is 13.1. The van der Waals surface area contributed by atoms with Crippen molar-refractivity contribution < 1.29 is 9.59 Å². The highest BCUT2D eigenvalue weighted by molar-refractivity contribution is 7.99. The van der Waals surface area contributed by atoms with Gasteiger partial charge < -0.3 is 15.1 Å². The maximum atomic E-state index is 13.1. The number of carbonyl (C=O) groups excluding carboxylic acids is 2. The molecule has 2 atom stereocenters. The van der Waals surface area contributed by atoms with E-state index in [-0.39, 0.29) is 29.7 Å². The molecule has 1 N–H and O–H groups in total. The molecule has 2 heterocycles. The Kier molecular flexibility index (Phi) is 9.77. The van der Waals surface area contributed by atoms with Crippen molar-refractivity contribution in [3.8, 4) is 0 Å². The average Bonchev–Trinajstić information content (AvgIpc) is 3.00. The third-order valence-corrected chi connectivity index (χ3v) is 8.36. The van der Waals surface area contributed by atoms with Gasteiger partial charge in [0.25, 0.3) is 5.91 Å². The van der Waals surface area contributed by atoms with Crippen LogP contribution in [0, 0.1) is 6.92 Å². The number of piperazine rings is 1. The minimum absolute atomic E-state index is 0.0114. The zero-order valence-corrected chi connectivity index (χ0v) is 25.3. The van der Waals surface area contributed by atoms with Crippen molar-refractivity contribution in [2.45, 2.75) is 37.5 Å². The summed E-state index contributed by atoms with van der Waals surface area (Å²) in [6.45, 7) is 5.86. The Bertz CT molecular complexity index is 1500. The summed E-state index contributed by atoms with van der Waals surface area (Å²) in [6, 6.07) is 29.4. The van der Waals surface area contributed by atoms with Gasteiger partial charge in [0.15, 0.2) is 5.16 Å². The van der Waals surface area contributed by atoms with Gasteiger partial charge in [-0.2, -0.15) is 0 Å². The van der Waals surface area contributed by atoms with Gasteiger partial charge in [-0.25, -0.2) is 9.97 Å². The first-order chi connectivity index (χ1) is 20.4. The second-order valence-electron chi connectivity index (χ2n) is 10.5. The minimum atomic E-state index is -0.155. The number of anilines is 1. The van der Waals surface area contributed by atoms with Gasteiger partial charge in [0.1, 0.15) is 11.0 Å². The molecule has 2 amide bonds. The molecule has 1 fully saturated rings. The summed E-state index contributed by atoms with van der Waals surface area (Å²) in [5, 5.41) is 3.95. The summed E-state index contributed by atoms with van der Waals surface area (Å²) in [5.41, 5.74) is 4.02. The molecule has 42 heavy (non-hydrogen) atoms. The van der Waals surface area contributed by atoms with Crippen molar-refractivity contribution in [2.24, 2.45) is 0 Å². The number of halogens is 1. The van der Waals surface area contributed by atoms with Gasteiger partial charge in [0.05, 0.1) is 11.8 Å². The van der Waals surface area contributed by atoms with Crippen molar-refractivity contribution in [3.63, 3.8) is 0 Å². The van der Waals surface area contributed by atoms with E-state index >= 15 is 0 Å². The lowest BCUT2D eigenvalue weighted by molar-refractivity contribution is -0.119. The predicted molar refractivity (Wildman–Crippen MR) is 169 cm³/mol. The average molecular weight is 600 g/mol. The smallest absolute Gasteiger partial charge is 0.254 e. The van der Waals surface area contributed by atoms with Crippen molar-refractivity contribution >= 4 is 41.0 Å². The number of nitrogens with zero attached hydrogens (tertiary/aromatic N) is 4.